The van der Waals surface area contributed by atoms with Gasteiger partial charge in [-0.2, -0.15) is 5.10 Å². The van der Waals surface area contributed by atoms with E-state index in [2.05, 4.69) is 10.1 Å². The summed E-state index contributed by atoms with van der Waals surface area (Å²) >= 11 is 0. The number of nitrogens with zero attached hydrogens (tertiary/aromatic N) is 3. The zero-order chi connectivity index (χ0) is 12.5. The summed E-state index contributed by atoms with van der Waals surface area (Å²) in [4.78, 5) is 3.90. The number of aryl methyl sites for hydroxylation is 1. The van der Waals surface area contributed by atoms with E-state index in [1.807, 2.05) is 6.92 Å². The maximum Gasteiger partial charge on any atom is 0.141 e. The Morgan fingerprint density at radius 2 is 2.18 bits per heavy atom. The Balaban J connectivity index is 2.37. The molecule has 5 heteroatoms. The predicted molar refractivity (Wildman–Crippen MR) is 60.8 cm³/mol. The Kier molecular flexibility index (Phi) is 2.93. The van der Waals surface area contributed by atoms with Crippen LogP contribution in [-0.2, 0) is 12.1 Å². The van der Waals surface area contributed by atoms with Crippen LogP contribution in [0.25, 0.3) is 0 Å². The van der Waals surface area contributed by atoms with Gasteiger partial charge in [-0.15, -0.1) is 0 Å². The van der Waals surface area contributed by atoms with Crippen LogP contribution in [-0.4, -0.2) is 19.9 Å². The molecule has 2 rings (SSSR count). The van der Waals surface area contributed by atoms with Gasteiger partial charge in [0.25, 0.3) is 0 Å². The zero-order valence-electron chi connectivity index (χ0n) is 9.76. The van der Waals surface area contributed by atoms with Gasteiger partial charge in [-0.25, -0.2) is 4.39 Å². The van der Waals surface area contributed by atoms with Crippen molar-refractivity contribution >= 4 is 0 Å². The van der Waals surface area contributed by atoms with Crippen LogP contribution in [0.5, 0.6) is 0 Å². The summed E-state index contributed by atoms with van der Waals surface area (Å²) in [6.07, 6.45) is 4.44. The van der Waals surface area contributed by atoms with Crippen LogP contribution < -0.4 is 0 Å². The Labute approximate surface area is 98.7 Å². The third kappa shape index (κ3) is 2.19. The van der Waals surface area contributed by atoms with E-state index in [-0.39, 0.29) is 0 Å². The first-order chi connectivity index (χ1) is 8.04. The summed E-state index contributed by atoms with van der Waals surface area (Å²) in [5.41, 5.74) is -0.228. The Hall–Kier alpha value is -1.75. The second kappa shape index (κ2) is 4.25. The van der Waals surface area contributed by atoms with Crippen molar-refractivity contribution in [2.45, 2.75) is 26.0 Å². The largest absolute Gasteiger partial charge is 0.379 e. The van der Waals surface area contributed by atoms with Crippen LogP contribution in [0.3, 0.4) is 0 Å². The monoisotopic (exact) mass is 235 g/mol. The van der Waals surface area contributed by atoms with Gasteiger partial charge < -0.3 is 5.11 Å². The van der Waals surface area contributed by atoms with Crippen molar-refractivity contribution in [1.29, 1.82) is 0 Å². The Morgan fingerprint density at radius 3 is 2.71 bits per heavy atom. The quantitative estimate of drug-likeness (QED) is 0.880. The second-order valence-electron chi connectivity index (χ2n) is 4.02. The van der Waals surface area contributed by atoms with Crippen molar-refractivity contribution in [3.63, 3.8) is 0 Å². The van der Waals surface area contributed by atoms with Gasteiger partial charge in [-0.3, -0.25) is 9.67 Å². The number of hydrogen-bond donors (Lipinski definition) is 1. The highest BCUT2D eigenvalue weighted by atomic mass is 19.1. The molecule has 17 heavy (non-hydrogen) atoms. The SMILES string of the molecule is CCn1cc(C(C)(O)c2ccc(F)cn2)cn1. The van der Waals surface area contributed by atoms with Crippen LogP contribution in [0.15, 0.2) is 30.7 Å². The average Bonchev–Trinajstić information content (AvgIpc) is 2.78. The average molecular weight is 235 g/mol. The zero-order valence-corrected chi connectivity index (χ0v) is 9.76. The van der Waals surface area contributed by atoms with Gasteiger partial charge in [-0.1, -0.05) is 0 Å². The summed E-state index contributed by atoms with van der Waals surface area (Å²) in [7, 11) is 0. The van der Waals surface area contributed by atoms with Crippen molar-refractivity contribution in [3.05, 3.63) is 47.8 Å². The summed E-state index contributed by atoms with van der Waals surface area (Å²) in [5, 5.41) is 14.5. The van der Waals surface area contributed by atoms with E-state index in [0.29, 0.717) is 11.3 Å². The molecule has 0 bridgehead atoms. The van der Waals surface area contributed by atoms with E-state index >= 15 is 0 Å². The van der Waals surface area contributed by atoms with Gasteiger partial charge in [0.2, 0.25) is 0 Å². The van der Waals surface area contributed by atoms with Crippen molar-refractivity contribution in [3.8, 4) is 0 Å². The van der Waals surface area contributed by atoms with Crippen LogP contribution >= 0.6 is 0 Å². The van der Waals surface area contributed by atoms with Crippen LogP contribution in [0, 0.1) is 5.82 Å². The highest BCUT2D eigenvalue weighted by Crippen LogP contribution is 2.26. The van der Waals surface area contributed by atoms with Gasteiger partial charge >= 0.3 is 0 Å². The number of aromatic nitrogens is 3. The molecular weight excluding hydrogens is 221 g/mol. The molecule has 0 saturated heterocycles. The number of pyridine rings is 1. The van der Waals surface area contributed by atoms with Crippen molar-refractivity contribution in [1.82, 2.24) is 14.8 Å². The second-order valence-corrected chi connectivity index (χ2v) is 4.02. The fourth-order valence-electron chi connectivity index (χ4n) is 1.60. The molecule has 0 amide bonds. The molecule has 2 aromatic rings. The van der Waals surface area contributed by atoms with Crippen molar-refractivity contribution in [2.75, 3.05) is 0 Å². The van der Waals surface area contributed by atoms with Gasteiger partial charge in [0.1, 0.15) is 11.4 Å². The fraction of sp³-hybridized carbons (Fsp3) is 0.333. The highest BCUT2D eigenvalue weighted by molar-refractivity contribution is 5.27. The molecule has 2 heterocycles. The minimum atomic E-state index is -1.26. The third-order valence-corrected chi connectivity index (χ3v) is 2.75. The maximum atomic E-state index is 12.8. The molecule has 0 spiro atoms. The minimum Gasteiger partial charge on any atom is -0.379 e. The summed E-state index contributed by atoms with van der Waals surface area (Å²) in [6.45, 7) is 4.30. The van der Waals surface area contributed by atoms with E-state index < -0.39 is 11.4 Å². The minimum absolute atomic E-state index is 0.398. The molecule has 1 unspecified atom stereocenters. The molecule has 0 aliphatic rings. The normalized spacial score (nSPS) is 14.6. The predicted octanol–water partition coefficient (Wildman–Crippen LogP) is 1.69. The first kappa shape index (κ1) is 11.7. The van der Waals surface area contributed by atoms with Gasteiger partial charge in [0.05, 0.1) is 18.1 Å². The van der Waals surface area contributed by atoms with Crippen LogP contribution in [0.4, 0.5) is 4.39 Å². The third-order valence-electron chi connectivity index (χ3n) is 2.75. The molecule has 0 aliphatic carbocycles. The van der Waals surface area contributed by atoms with E-state index in [9.17, 15) is 9.50 Å². The smallest absolute Gasteiger partial charge is 0.141 e. The van der Waals surface area contributed by atoms with E-state index in [0.717, 1.165) is 12.7 Å². The molecule has 4 nitrogen and oxygen atoms in total. The number of rotatable bonds is 3. The molecule has 90 valence electrons. The van der Waals surface area contributed by atoms with Crippen LogP contribution in [0.2, 0.25) is 0 Å². The summed E-state index contributed by atoms with van der Waals surface area (Å²) in [6, 6.07) is 2.75. The van der Waals surface area contributed by atoms with E-state index in [1.54, 1.807) is 24.0 Å². The topological polar surface area (TPSA) is 50.9 Å². The molecule has 2 aromatic heterocycles. The number of halogens is 1. The number of hydrogen-bond acceptors (Lipinski definition) is 3. The maximum absolute atomic E-state index is 12.8. The molecular formula is C12H14FN3O. The molecule has 1 atom stereocenters. The van der Waals surface area contributed by atoms with Gasteiger partial charge in [-0.05, 0) is 26.0 Å². The lowest BCUT2D eigenvalue weighted by atomic mass is 9.95. The first-order valence-electron chi connectivity index (χ1n) is 5.41. The Bertz CT molecular complexity index is 505. The van der Waals surface area contributed by atoms with Gasteiger partial charge in [0.15, 0.2) is 0 Å². The number of aliphatic hydroxyl groups is 1. The fourth-order valence-corrected chi connectivity index (χ4v) is 1.60. The summed E-state index contributed by atoms with van der Waals surface area (Å²) in [5.74, 6) is -0.422. The lowest BCUT2D eigenvalue weighted by Gasteiger charge is -2.20. The molecule has 0 saturated carbocycles. The van der Waals surface area contributed by atoms with Crippen molar-refractivity contribution in [2.24, 2.45) is 0 Å². The van der Waals surface area contributed by atoms with Crippen molar-refractivity contribution < 1.29 is 9.50 Å². The first-order valence-corrected chi connectivity index (χ1v) is 5.41. The van der Waals surface area contributed by atoms with E-state index in [4.69, 9.17) is 0 Å². The molecule has 0 fully saturated rings. The molecule has 0 aliphatic heterocycles. The lowest BCUT2D eigenvalue weighted by Crippen LogP contribution is -2.23. The molecule has 0 radical (unpaired) electrons. The lowest BCUT2D eigenvalue weighted by molar-refractivity contribution is 0.0971. The molecule has 0 aromatic carbocycles. The van der Waals surface area contributed by atoms with Crippen LogP contribution in [0.1, 0.15) is 25.1 Å². The van der Waals surface area contributed by atoms with E-state index in [1.165, 1.54) is 12.1 Å². The highest BCUT2D eigenvalue weighted by Gasteiger charge is 2.28. The Morgan fingerprint density at radius 1 is 1.41 bits per heavy atom. The molecule has 1 N–H and O–H groups in total. The summed E-state index contributed by atoms with van der Waals surface area (Å²) < 4.78 is 14.5. The van der Waals surface area contributed by atoms with Gasteiger partial charge in [0, 0.05) is 18.3 Å². The standard InChI is InChI=1S/C12H14FN3O/c1-3-16-8-9(6-15-16)12(2,17)11-5-4-10(13)7-14-11/h4-8,17H,3H2,1-2H3.